The van der Waals surface area contributed by atoms with Gasteiger partial charge in [0, 0.05) is 12.5 Å². The lowest BCUT2D eigenvalue weighted by atomic mass is 10.1. The Hall–Kier alpha value is -2.53. The van der Waals surface area contributed by atoms with Gasteiger partial charge in [-0.3, -0.25) is 4.98 Å². The molecule has 0 amide bonds. The molecule has 4 nitrogen and oxygen atoms in total. The molecule has 0 N–H and O–H groups in total. The summed E-state index contributed by atoms with van der Waals surface area (Å²) in [6.45, 7) is 9.34. The molecule has 0 saturated heterocycles. The van der Waals surface area contributed by atoms with E-state index in [0.717, 1.165) is 17.7 Å². The van der Waals surface area contributed by atoms with Crippen LogP contribution in [0.3, 0.4) is 0 Å². The Labute approximate surface area is 161 Å². The van der Waals surface area contributed by atoms with Crippen LogP contribution in [-0.4, -0.2) is 23.6 Å². The first kappa shape index (κ1) is 19.2. The minimum atomic E-state index is -3.29. The van der Waals surface area contributed by atoms with Gasteiger partial charge in [0.2, 0.25) is 0 Å². The van der Waals surface area contributed by atoms with Gasteiger partial charge in [0.15, 0.2) is 9.84 Å². The van der Waals surface area contributed by atoms with Gasteiger partial charge in [-0.25, -0.2) is 13.4 Å². The number of sulfone groups is 1. The first-order chi connectivity index (χ1) is 12.9. The van der Waals surface area contributed by atoms with Gasteiger partial charge in [0.1, 0.15) is 0 Å². The first-order valence-corrected chi connectivity index (χ1v) is 10.4. The van der Waals surface area contributed by atoms with Crippen LogP contribution in [0.4, 0.5) is 0 Å². The van der Waals surface area contributed by atoms with Gasteiger partial charge < -0.3 is 0 Å². The molecule has 0 atom stereocenters. The third-order valence-corrected chi connectivity index (χ3v) is 6.64. The smallest absolute Gasteiger partial charge is 0.180 e. The first-order valence-electron chi connectivity index (χ1n) is 8.87. The van der Waals surface area contributed by atoms with E-state index >= 15 is 0 Å². The molecule has 138 valence electrons. The molecular weight excluding hydrogens is 356 g/mol. The summed E-state index contributed by atoms with van der Waals surface area (Å²) in [6.07, 6.45) is 3.14. The SMILES string of the molecule is [CH]c1ncc(-c2ccc(S(=O)(=O)C(C)C)cc2)nc1CCc1ccccc1. The summed E-state index contributed by atoms with van der Waals surface area (Å²) in [5, 5.41) is -0.454. The normalized spacial score (nSPS) is 11.7. The lowest BCUT2D eigenvalue weighted by Gasteiger charge is -2.10. The minimum absolute atomic E-state index is 0.314. The fraction of sp³-hybridized carbons (Fsp3) is 0.227. The van der Waals surface area contributed by atoms with Crippen molar-refractivity contribution < 1.29 is 8.42 Å². The summed E-state index contributed by atoms with van der Waals surface area (Å²) < 4.78 is 24.5. The van der Waals surface area contributed by atoms with Crippen molar-refractivity contribution in [3.05, 3.63) is 84.7 Å². The number of aryl methyl sites for hydroxylation is 2. The summed E-state index contributed by atoms with van der Waals surface area (Å²) in [4.78, 5) is 9.23. The van der Waals surface area contributed by atoms with Crippen LogP contribution in [0, 0.1) is 6.92 Å². The van der Waals surface area contributed by atoms with Gasteiger partial charge in [0.25, 0.3) is 0 Å². The Bertz CT molecular complexity index is 1010. The molecule has 0 aliphatic heterocycles. The number of aromatic nitrogens is 2. The van der Waals surface area contributed by atoms with E-state index in [1.165, 1.54) is 5.56 Å². The highest BCUT2D eigenvalue weighted by molar-refractivity contribution is 7.92. The largest absolute Gasteiger partial charge is 0.257 e. The van der Waals surface area contributed by atoms with Crippen LogP contribution in [0.15, 0.2) is 65.7 Å². The topological polar surface area (TPSA) is 59.9 Å². The predicted octanol–water partition coefficient (Wildman–Crippen LogP) is 4.17. The highest BCUT2D eigenvalue weighted by atomic mass is 32.2. The minimum Gasteiger partial charge on any atom is -0.257 e. The molecule has 1 aromatic heterocycles. The molecule has 0 spiro atoms. The van der Waals surface area contributed by atoms with E-state index < -0.39 is 15.1 Å². The van der Waals surface area contributed by atoms with Crippen molar-refractivity contribution in [3.63, 3.8) is 0 Å². The van der Waals surface area contributed by atoms with Crippen molar-refractivity contribution in [1.82, 2.24) is 9.97 Å². The van der Waals surface area contributed by atoms with E-state index in [9.17, 15) is 8.42 Å². The van der Waals surface area contributed by atoms with E-state index in [0.29, 0.717) is 22.7 Å². The van der Waals surface area contributed by atoms with Crippen molar-refractivity contribution in [2.24, 2.45) is 0 Å². The predicted molar refractivity (Wildman–Crippen MR) is 107 cm³/mol. The van der Waals surface area contributed by atoms with E-state index in [-0.39, 0.29) is 0 Å². The third kappa shape index (κ3) is 4.42. The molecule has 0 bridgehead atoms. The quantitative estimate of drug-likeness (QED) is 0.646. The monoisotopic (exact) mass is 378 g/mol. The van der Waals surface area contributed by atoms with Gasteiger partial charge in [-0.1, -0.05) is 42.5 Å². The van der Waals surface area contributed by atoms with Crippen molar-refractivity contribution in [1.29, 1.82) is 0 Å². The molecule has 0 unspecified atom stereocenters. The zero-order valence-corrected chi connectivity index (χ0v) is 16.3. The second-order valence-electron chi connectivity index (χ2n) is 6.69. The van der Waals surface area contributed by atoms with E-state index in [1.54, 1.807) is 44.3 Å². The lowest BCUT2D eigenvalue weighted by Crippen LogP contribution is -2.13. The zero-order chi connectivity index (χ0) is 19.4. The van der Waals surface area contributed by atoms with Crippen molar-refractivity contribution in [2.45, 2.75) is 36.8 Å². The number of rotatable bonds is 6. The molecule has 0 aliphatic carbocycles. The van der Waals surface area contributed by atoms with E-state index in [4.69, 9.17) is 6.92 Å². The Kier molecular flexibility index (Phi) is 5.71. The van der Waals surface area contributed by atoms with E-state index in [1.807, 2.05) is 18.2 Å². The summed E-state index contributed by atoms with van der Waals surface area (Å²) >= 11 is 0. The van der Waals surface area contributed by atoms with Crippen molar-refractivity contribution >= 4 is 9.84 Å². The summed E-state index contributed by atoms with van der Waals surface area (Å²) in [6, 6.07) is 16.9. The fourth-order valence-corrected chi connectivity index (χ4v) is 3.81. The van der Waals surface area contributed by atoms with Crippen LogP contribution in [0.2, 0.25) is 0 Å². The molecule has 2 aromatic carbocycles. The maximum absolute atomic E-state index is 12.3. The summed E-state index contributed by atoms with van der Waals surface area (Å²) in [5.41, 5.74) is 3.88. The van der Waals surface area contributed by atoms with Crippen molar-refractivity contribution in [3.8, 4) is 11.3 Å². The van der Waals surface area contributed by atoms with Crippen molar-refractivity contribution in [2.75, 3.05) is 0 Å². The maximum Gasteiger partial charge on any atom is 0.180 e. The van der Waals surface area contributed by atoms with Gasteiger partial charge in [0.05, 0.1) is 33.4 Å². The standard InChI is InChI=1S/C22H22N2O2S/c1-16(2)27(25,26)20-12-10-19(11-13-20)22-15-23-17(3)21(24-22)14-9-18-7-5-4-6-8-18/h3-8,10-13,15-16H,9,14H2,1-2H3. The Morgan fingerprint density at radius 1 is 0.963 bits per heavy atom. The summed E-state index contributed by atoms with van der Waals surface area (Å²) in [5.74, 6) is 0. The van der Waals surface area contributed by atoms with Gasteiger partial charge in [-0.05, 0) is 44.4 Å². The molecule has 3 aromatic rings. The van der Waals surface area contributed by atoms with Crippen LogP contribution < -0.4 is 0 Å². The molecule has 0 aliphatic rings. The van der Waals surface area contributed by atoms with Crippen LogP contribution in [0.25, 0.3) is 11.3 Å². The average molecular weight is 378 g/mol. The highest BCUT2D eigenvalue weighted by Gasteiger charge is 2.19. The molecule has 27 heavy (non-hydrogen) atoms. The fourth-order valence-electron chi connectivity index (χ4n) is 2.75. The zero-order valence-electron chi connectivity index (χ0n) is 15.5. The Morgan fingerprint density at radius 3 is 2.26 bits per heavy atom. The Balaban J connectivity index is 1.83. The maximum atomic E-state index is 12.3. The van der Waals surface area contributed by atoms with Gasteiger partial charge in [-0.15, -0.1) is 0 Å². The number of hydrogen-bond acceptors (Lipinski definition) is 4. The third-order valence-electron chi connectivity index (χ3n) is 4.47. The van der Waals surface area contributed by atoms with E-state index in [2.05, 4.69) is 22.1 Å². The van der Waals surface area contributed by atoms with Crippen LogP contribution in [0.5, 0.6) is 0 Å². The van der Waals surface area contributed by atoms with Gasteiger partial charge >= 0.3 is 0 Å². The highest BCUT2D eigenvalue weighted by Crippen LogP contribution is 2.22. The molecule has 5 heteroatoms. The molecule has 1 heterocycles. The van der Waals surface area contributed by atoms with Crippen LogP contribution in [-0.2, 0) is 22.7 Å². The molecule has 0 saturated carbocycles. The number of nitrogens with zero attached hydrogens (tertiary/aromatic N) is 2. The number of hydrogen-bond donors (Lipinski definition) is 0. The Morgan fingerprint density at radius 2 is 1.63 bits per heavy atom. The average Bonchev–Trinajstić information content (AvgIpc) is 2.68. The lowest BCUT2D eigenvalue weighted by molar-refractivity contribution is 0.587. The number of benzene rings is 2. The molecular formula is C22H22N2O2S. The molecule has 3 rings (SSSR count). The van der Waals surface area contributed by atoms with Gasteiger partial charge in [-0.2, -0.15) is 0 Å². The van der Waals surface area contributed by atoms with Crippen LogP contribution >= 0.6 is 0 Å². The van der Waals surface area contributed by atoms with Crippen LogP contribution in [0.1, 0.15) is 30.8 Å². The summed E-state index contributed by atoms with van der Waals surface area (Å²) in [7, 11) is -3.29. The second kappa shape index (κ2) is 8.01. The molecule has 2 radical (unpaired) electrons. The molecule has 0 fully saturated rings. The second-order valence-corrected chi connectivity index (χ2v) is 9.20.